The van der Waals surface area contributed by atoms with E-state index in [1.165, 1.54) is 6.92 Å². The molecule has 0 saturated carbocycles. The molecule has 14 heavy (non-hydrogen) atoms. The molecule has 0 radical (unpaired) electrons. The zero-order valence-electron chi connectivity index (χ0n) is 7.43. The predicted molar refractivity (Wildman–Crippen MR) is 44.8 cm³/mol. The highest BCUT2D eigenvalue weighted by Gasteiger charge is 2.18. The molecule has 0 spiro atoms. The average molecular weight is 202 g/mol. The van der Waals surface area contributed by atoms with Crippen LogP contribution in [0.25, 0.3) is 0 Å². The van der Waals surface area contributed by atoms with Gasteiger partial charge in [-0.05, 0) is 6.42 Å². The Hall–Kier alpha value is -1.85. The van der Waals surface area contributed by atoms with Crippen LogP contribution in [0.3, 0.4) is 0 Å². The third-order valence-corrected chi connectivity index (χ3v) is 1.52. The van der Waals surface area contributed by atoms with Crippen LogP contribution < -0.4 is 0 Å². The van der Waals surface area contributed by atoms with E-state index >= 15 is 0 Å². The van der Waals surface area contributed by atoms with Crippen molar-refractivity contribution < 1.29 is 29.7 Å². The molecular formula is C8H10O6. The fourth-order valence-electron chi connectivity index (χ4n) is 0.774. The predicted octanol–water partition coefficient (Wildman–Crippen LogP) is 0.193. The second kappa shape index (κ2) is 5.00. The molecule has 0 bridgehead atoms. The molecule has 0 aliphatic rings. The van der Waals surface area contributed by atoms with E-state index < -0.39 is 29.4 Å². The summed E-state index contributed by atoms with van der Waals surface area (Å²) in [7, 11) is 0. The van der Waals surface area contributed by atoms with E-state index in [-0.39, 0.29) is 6.42 Å². The first-order valence-electron chi connectivity index (χ1n) is 3.74. The van der Waals surface area contributed by atoms with E-state index in [2.05, 4.69) is 0 Å². The van der Waals surface area contributed by atoms with Gasteiger partial charge in [-0.1, -0.05) is 6.92 Å². The first-order chi connectivity index (χ1) is 6.34. The molecule has 0 rings (SSSR count). The van der Waals surface area contributed by atoms with Crippen molar-refractivity contribution in [3.05, 3.63) is 11.6 Å². The smallest absolute Gasteiger partial charge is 0.331 e. The Morgan fingerprint density at radius 1 is 1.21 bits per heavy atom. The molecule has 1 atom stereocenters. The van der Waals surface area contributed by atoms with Crippen LogP contribution in [0.1, 0.15) is 13.3 Å². The highest BCUT2D eigenvalue weighted by molar-refractivity contribution is 5.95. The number of carbonyl (C=O) groups is 3. The molecule has 78 valence electrons. The van der Waals surface area contributed by atoms with Gasteiger partial charge in [0.05, 0.1) is 5.92 Å². The summed E-state index contributed by atoms with van der Waals surface area (Å²) in [5.41, 5.74) is -0.424. The summed E-state index contributed by atoms with van der Waals surface area (Å²) in [6, 6.07) is 0. The topological polar surface area (TPSA) is 112 Å². The lowest BCUT2D eigenvalue weighted by molar-refractivity contribution is -0.141. The maximum Gasteiger partial charge on any atom is 0.331 e. The van der Waals surface area contributed by atoms with Gasteiger partial charge < -0.3 is 15.3 Å². The fraction of sp³-hybridized carbons (Fsp3) is 0.375. The molecule has 0 aromatic rings. The minimum atomic E-state index is -1.42. The second-order valence-corrected chi connectivity index (χ2v) is 2.76. The average Bonchev–Trinajstić information content (AvgIpc) is 2.01. The van der Waals surface area contributed by atoms with Crippen molar-refractivity contribution in [2.24, 2.45) is 5.92 Å². The number of carboxylic acids is 3. The molecule has 0 aromatic carbocycles. The quantitative estimate of drug-likeness (QED) is 0.548. The summed E-state index contributed by atoms with van der Waals surface area (Å²) in [5.74, 6) is -4.90. The Morgan fingerprint density at radius 3 is 2.00 bits per heavy atom. The van der Waals surface area contributed by atoms with E-state index in [4.69, 9.17) is 15.3 Å². The number of carboxylic acid groups (broad SMARTS) is 3. The van der Waals surface area contributed by atoms with Gasteiger partial charge >= 0.3 is 17.9 Å². The fourth-order valence-corrected chi connectivity index (χ4v) is 0.774. The molecule has 0 fully saturated rings. The highest BCUT2D eigenvalue weighted by Crippen LogP contribution is 2.11. The van der Waals surface area contributed by atoms with E-state index in [0.29, 0.717) is 6.08 Å². The molecule has 0 heterocycles. The molecule has 3 N–H and O–H groups in total. The number of hydrogen-bond acceptors (Lipinski definition) is 3. The van der Waals surface area contributed by atoms with Crippen LogP contribution in [0.5, 0.6) is 0 Å². The Labute approximate surface area is 79.5 Å². The van der Waals surface area contributed by atoms with Crippen LogP contribution in [0, 0.1) is 5.92 Å². The molecule has 0 aromatic heterocycles. The van der Waals surface area contributed by atoms with Crippen molar-refractivity contribution in [1.29, 1.82) is 0 Å². The van der Waals surface area contributed by atoms with Gasteiger partial charge in [-0.3, -0.25) is 4.79 Å². The van der Waals surface area contributed by atoms with E-state index in [9.17, 15) is 14.4 Å². The molecule has 0 aliphatic heterocycles. The van der Waals surface area contributed by atoms with Crippen LogP contribution in [0.4, 0.5) is 0 Å². The molecule has 0 saturated heterocycles. The van der Waals surface area contributed by atoms with Crippen molar-refractivity contribution in [1.82, 2.24) is 0 Å². The van der Waals surface area contributed by atoms with Gasteiger partial charge in [-0.2, -0.15) is 0 Å². The number of rotatable bonds is 5. The summed E-state index contributed by atoms with van der Waals surface area (Å²) in [4.78, 5) is 31.0. The summed E-state index contributed by atoms with van der Waals surface area (Å²) in [5, 5.41) is 25.3. The monoisotopic (exact) mass is 202 g/mol. The van der Waals surface area contributed by atoms with E-state index in [1.54, 1.807) is 0 Å². The van der Waals surface area contributed by atoms with Crippen molar-refractivity contribution in [2.75, 3.05) is 0 Å². The van der Waals surface area contributed by atoms with Crippen molar-refractivity contribution in [2.45, 2.75) is 13.3 Å². The Balaban J connectivity index is 4.63. The summed E-state index contributed by atoms with van der Waals surface area (Å²) < 4.78 is 0. The van der Waals surface area contributed by atoms with Crippen LogP contribution in [0.15, 0.2) is 11.6 Å². The van der Waals surface area contributed by atoms with Crippen molar-refractivity contribution in [3.8, 4) is 0 Å². The van der Waals surface area contributed by atoms with Gasteiger partial charge in [-0.25, -0.2) is 9.59 Å². The number of hydrogen-bond donors (Lipinski definition) is 3. The number of aliphatic carboxylic acids is 3. The minimum Gasteiger partial charge on any atom is -0.481 e. The maximum atomic E-state index is 10.5. The van der Waals surface area contributed by atoms with Gasteiger partial charge in [-0.15, -0.1) is 0 Å². The Bertz CT molecular complexity index is 290. The van der Waals surface area contributed by atoms with E-state index in [0.717, 1.165) is 0 Å². The van der Waals surface area contributed by atoms with Crippen LogP contribution in [-0.2, 0) is 14.4 Å². The maximum absolute atomic E-state index is 10.5. The molecule has 6 heteroatoms. The molecule has 0 amide bonds. The Kier molecular flexibility index (Phi) is 4.34. The van der Waals surface area contributed by atoms with Crippen molar-refractivity contribution >= 4 is 17.9 Å². The normalized spacial score (nSPS) is 13.4. The zero-order chi connectivity index (χ0) is 11.3. The van der Waals surface area contributed by atoms with Crippen LogP contribution >= 0.6 is 0 Å². The first kappa shape index (κ1) is 12.2. The third kappa shape index (κ3) is 4.24. The second-order valence-electron chi connectivity index (χ2n) is 2.76. The van der Waals surface area contributed by atoms with Gasteiger partial charge in [0.2, 0.25) is 0 Å². The molecule has 1 unspecified atom stereocenters. The lowest BCUT2D eigenvalue weighted by Gasteiger charge is -2.05. The van der Waals surface area contributed by atoms with Crippen LogP contribution in [-0.4, -0.2) is 33.2 Å². The first-order valence-corrected chi connectivity index (χ1v) is 3.74. The lowest BCUT2D eigenvalue weighted by atomic mass is 10.0. The van der Waals surface area contributed by atoms with Gasteiger partial charge in [0.1, 0.15) is 0 Å². The van der Waals surface area contributed by atoms with Gasteiger partial charge in [0.25, 0.3) is 0 Å². The standard InChI is InChI=1S/C8H10O6/c1-4(7(11)12)2-5(8(13)14)3-6(9)10/h3-4H,2H2,1H3,(H,9,10)(H,11,12)(H,13,14). The highest BCUT2D eigenvalue weighted by atomic mass is 16.4. The van der Waals surface area contributed by atoms with Crippen molar-refractivity contribution in [3.63, 3.8) is 0 Å². The van der Waals surface area contributed by atoms with Gasteiger partial charge in [0, 0.05) is 11.6 Å². The third-order valence-electron chi connectivity index (χ3n) is 1.52. The van der Waals surface area contributed by atoms with Gasteiger partial charge in [0.15, 0.2) is 0 Å². The van der Waals surface area contributed by atoms with E-state index in [1.807, 2.05) is 0 Å². The summed E-state index contributed by atoms with van der Waals surface area (Å²) in [6.45, 7) is 1.31. The summed E-state index contributed by atoms with van der Waals surface area (Å²) >= 11 is 0. The largest absolute Gasteiger partial charge is 0.481 e. The lowest BCUT2D eigenvalue weighted by Crippen LogP contribution is -2.14. The molecular weight excluding hydrogens is 192 g/mol. The summed E-state index contributed by atoms with van der Waals surface area (Å²) in [6.07, 6.45) is 0.193. The minimum absolute atomic E-state index is 0.309. The Morgan fingerprint density at radius 2 is 1.71 bits per heavy atom. The van der Waals surface area contributed by atoms with Crippen LogP contribution in [0.2, 0.25) is 0 Å². The molecule has 6 nitrogen and oxygen atoms in total. The zero-order valence-corrected chi connectivity index (χ0v) is 7.43. The molecule has 0 aliphatic carbocycles. The SMILES string of the molecule is CC(CC(=CC(=O)O)C(=O)O)C(=O)O.